The average molecular weight is 318 g/mol. The first-order valence-electron chi connectivity index (χ1n) is 6.76. The van der Waals surface area contributed by atoms with Crippen LogP contribution >= 0.6 is 0 Å². The number of methoxy groups -OCH3 is 1. The molecule has 2 bridgehead atoms. The number of halogens is 6. The van der Waals surface area contributed by atoms with Gasteiger partial charge in [0.2, 0.25) is 0 Å². The lowest BCUT2D eigenvalue weighted by atomic mass is 9.68. The zero-order valence-corrected chi connectivity index (χ0v) is 12.0. The minimum absolute atomic E-state index is 0.0639. The van der Waals surface area contributed by atoms with Gasteiger partial charge in [-0.1, -0.05) is 13.0 Å². The fraction of sp³-hybridized carbons (Fsp3) is 0.857. The van der Waals surface area contributed by atoms with Gasteiger partial charge in [0.15, 0.2) is 5.41 Å². The Hall–Kier alpha value is -0.880. The Labute approximate surface area is 120 Å². The van der Waals surface area contributed by atoms with Crippen LogP contribution in [0.25, 0.3) is 0 Å². The third-order valence-electron chi connectivity index (χ3n) is 4.82. The molecule has 7 heteroatoms. The number of rotatable bonds is 2. The summed E-state index contributed by atoms with van der Waals surface area (Å²) in [5.41, 5.74) is -3.54. The van der Waals surface area contributed by atoms with Gasteiger partial charge in [0.25, 0.3) is 0 Å². The first-order valence-corrected chi connectivity index (χ1v) is 6.76. The summed E-state index contributed by atoms with van der Waals surface area (Å²) >= 11 is 0. The van der Waals surface area contributed by atoms with E-state index >= 15 is 0 Å². The Bertz CT molecular complexity index is 345. The molecule has 0 aromatic heterocycles. The summed E-state index contributed by atoms with van der Waals surface area (Å²) in [5.74, 6) is -1.64. The molecule has 2 aliphatic rings. The molecule has 2 aliphatic carbocycles. The van der Waals surface area contributed by atoms with Crippen LogP contribution in [-0.2, 0) is 4.74 Å². The normalized spacial score (nSPS) is 28.9. The van der Waals surface area contributed by atoms with Crippen molar-refractivity contribution >= 4 is 0 Å². The molecule has 2 fully saturated rings. The molecule has 124 valence electrons. The van der Waals surface area contributed by atoms with Crippen LogP contribution in [0.5, 0.6) is 0 Å². The van der Waals surface area contributed by atoms with Crippen molar-refractivity contribution in [2.24, 2.45) is 23.2 Å². The number of alkyl halides is 6. The first-order chi connectivity index (χ1) is 9.49. The van der Waals surface area contributed by atoms with E-state index in [9.17, 15) is 26.3 Å². The van der Waals surface area contributed by atoms with Crippen LogP contribution in [-0.4, -0.2) is 19.5 Å². The molecule has 3 unspecified atom stereocenters. The van der Waals surface area contributed by atoms with E-state index in [-0.39, 0.29) is 12.3 Å². The Morgan fingerprint density at radius 1 is 1.00 bits per heavy atom. The minimum Gasteiger partial charge on any atom is -0.505 e. The largest absolute Gasteiger partial charge is 0.505 e. The van der Waals surface area contributed by atoms with Crippen molar-refractivity contribution in [3.63, 3.8) is 0 Å². The molecule has 21 heavy (non-hydrogen) atoms. The van der Waals surface area contributed by atoms with E-state index < -0.39 is 29.6 Å². The maximum absolute atomic E-state index is 12.9. The van der Waals surface area contributed by atoms with Crippen LogP contribution in [0.3, 0.4) is 0 Å². The summed E-state index contributed by atoms with van der Waals surface area (Å²) in [5, 5.41) is 0. The Morgan fingerprint density at radius 3 is 1.71 bits per heavy atom. The molecule has 0 aromatic carbocycles. The third kappa shape index (κ3) is 3.31. The van der Waals surface area contributed by atoms with E-state index in [1.54, 1.807) is 7.11 Å². The molecule has 0 aliphatic heterocycles. The SMILES string of the molecule is C=COC.CC(C1CC2CCC1C2)(C(F)(F)F)C(F)(F)F. The van der Waals surface area contributed by atoms with E-state index in [4.69, 9.17) is 0 Å². The van der Waals surface area contributed by atoms with Gasteiger partial charge in [-0.05, 0) is 43.9 Å². The molecule has 0 radical (unpaired) electrons. The molecule has 3 atom stereocenters. The third-order valence-corrected chi connectivity index (χ3v) is 4.82. The van der Waals surface area contributed by atoms with Crippen LogP contribution in [0, 0.1) is 23.2 Å². The van der Waals surface area contributed by atoms with E-state index in [1.165, 1.54) is 6.26 Å². The molecule has 2 saturated carbocycles. The minimum atomic E-state index is -5.22. The first kappa shape index (κ1) is 18.2. The second-order valence-corrected chi connectivity index (χ2v) is 5.88. The maximum atomic E-state index is 12.9. The fourth-order valence-electron chi connectivity index (χ4n) is 3.53. The molecule has 1 nitrogen and oxygen atoms in total. The van der Waals surface area contributed by atoms with Crippen molar-refractivity contribution in [2.75, 3.05) is 7.11 Å². The second kappa shape index (κ2) is 6.08. The average Bonchev–Trinajstić information content (AvgIpc) is 2.97. The Morgan fingerprint density at radius 2 is 1.48 bits per heavy atom. The van der Waals surface area contributed by atoms with Gasteiger partial charge < -0.3 is 4.74 Å². The topological polar surface area (TPSA) is 9.23 Å². The van der Waals surface area contributed by atoms with E-state index in [1.807, 2.05) is 0 Å². The van der Waals surface area contributed by atoms with Gasteiger partial charge >= 0.3 is 12.4 Å². The second-order valence-electron chi connectivity index (χ2n) is 5.88. The number of ether oxygens (including phenoxy) is 1. The van der Waals surface area contributed by atoms with Crippen molar-refractivity contribution in [3.8, 4) is 0 Å². The molecular weight excluding hydrogens is 298 g/mol. The standard InChI is InChI=1S/C11H14F6.C3H6O/c1-9(10(12,13)14,11(15,16)17)8-5-6-2-3-7(8)4-6;1-3-4-2/h6-8H,2-5H2,1H3;3H,1H2,2H3. The van der Waals surface area contributed by atoms with Crippen LogP contribution in [0.15, 0.2) is 12.8 Å². The summed E-state index contributed by atoms with van der Waals surface area (Å²) in [6.07, 6.45) is -7.17. The van der Waals surface area contributed by atoms with Gasteiger partial charge in [-0.15, -0.1) is 0 Å². The smallest absolute Gasteiger partial charge is 0.403 e. The highest BCUT2D eigenvalue weighted by Crippen LogP contribution is 2.64. The monoisotopic (exact) mass is 318 g/mol. The number of hydrogen-bond donors (Lipinski definition) is 0. The van der Waals surface area contributed by atoms with Crippen molar-refractivity contribution in [2.45, 2.75) is 45.0 Å². The highest BCUT2D eigenvalue weighted by Gasteiger charge is 2.73. The summed E-state index contributed by atoms with van der Waals surface area (Å²) < 4.78 is 81.4. The number of fused-ring (bicyclic) bond motifs is 2. The van der Waals surface area contributed by atoms with E-state index in [0.29, 0.717) is 19.8 Å². The van der Waals surface area contributed by atoms with Crippen molar-refractivity contribution in [3.05, 3.63) is 12.8 Å². The summed E-state index contributed by atoms with van der Waals surface area (Å²) in [6, 6.07) is 0. The van der Waals surface area contributed by atoms with Gasteiger partial charge in [-0.2, -0.15) is 26.3 Å². The Kier molecular flexibility index (Phi) is 5.26. The Balaban J connectivity index is 0.000000491. The van der Waals surface area contributed by atoms with Crippen LogP contribution < -0.4 is 0 Å². The predicted octanol–water partition coefficient (Wildman–Crippen LogP) is 5.33. The van der Waals surface area contributed by atoms with Crippen molar-refractivity contribution in [1.82, 2.24) is 0 Å². The maximum Gasteiger partial charge on any atom is 0.403 e. The van der Waals surface area contributed by atoms with Gasteiger partial charge in [0.05, 0.1) is 13.4 Å². The van der Waals surface area contributed by atoms with Crippen LogP contribution in [0.4, 0.5) is 26.3 Å². The molecule has 0 amide bonds. The van der Waals surface area contributed by atoms with Gasteiger partial charge in [-0.25, -0.2) is 0 Å². The molecule has 0 aromatic rings. The lowest BCUT2D eigenvalue weighted by Gasteiger charge is -2.42. The molecule has 0 N–H and O–H groups in total. The predicted molar refractivity (Wildman–Crippen MR) is 66.4 cm³/mol. The lowest BCUT2D eigenvalue weighted by Crippen LogP contribution is -2.54. The van der Waals surface area contributed by atoms with E-state index in [2.05, 4.69) is 11.3 Å². The molecule has 0 saturated heterocycles. The van der Waals surface area contributed by atoms with Gasteiger partial charge in [0.1, 0.15) is 0 Å². The molecular formula is C14H20F6O. The van der Waals surface area contributed by atoms with Crippen LogP contribution in [0.2, 0.25) is 0 Å². The van der Waals surface area contributed by atoms with Crippen LogP contribution in [0.1, 0.15) is 32.6 Å². The van der Waals surface area contributed by atoms with E-state index in [0.717, 1.165) is 6.42 Å². The van der Waals surface area contributed by atoms with Crippen molar-refractivity contribution in [1.29, 1.82) is 0 Å². The fourth-order valence-corrected chi connectivity index (χ4v) is 3.53. The lowest BCUT2D eigenvalue weighted by molar-refractivity contribution is -0.356. The van der Waals surface area contributed by atoms with Gasteiger partial charge in [0, 0.05) is 0 Å². The quantitative estimate of drug-likeness (QED) is 0.494. The highest BCUT2D eigenvalue weighted by molar-refractivity contribution is 5.03. The summed E-state index contributed by atoms with van der Waals surface area (Å²) in [4.78, 5) is 0. The van der Waals surface area contributed by atoms with Crippen molar-refractivity contribution < 1.29 is 31.1 Å². The zero-order chi connectivity index (χ0) is 16.5. The molecule has 0 spiro atoms. The van der Waals surface area contributed by atoms with Gasteiger partial charge in [-0.3, -0.25) is 0 Å². The molecule has 0 heterocycles. The molecule has 2 rings (SSSR count). The zero-order valence-electron chi connectivity index (χ0n) is 12.0. The summed E-state index contributed by atoms with van der Waals surface area (Å²) in [7, 11) is 1.56. The highest BCUT2D eigenvalue weighted by atomic mass is 19.4. The summed E-state index contributed by atoms with van der Waals surface area (Å²) in [6.45, 7) is 3.59. The number of hydrogen-bond acceptors (Lipinski definition) is 1.